The van der Waals surface area contributed by atoms with Crippen LogP contribution < -0.4 is 0 Å². The van der Waals surface area contributed by atoms with E-state index in [1.807, 2.05) is 0 Å². The summed E-state index contributed by atoms with van der Waals surface area (Å²) in [6.07, 6.45) is 0. The molecule has 2 atom stereocenters. The van der Waals surface area contributed by atoms with Crippen LogP contribution in [-0.4, -0.2) is 26.0 Å². The maximum Gasteiger partial charge on any atom is 0.318 e. The van der Waals surface area contributed by atoms with E-state index in [9.17, 15) is 9.59 Å². The summed E-state index contributed by atoms with van der Waals surface area (Å²) in [7, 11) is 0. The highest BCUT2D eigenvalue weighted by molar-refractivity contribution is 8.42. The van der Waals surface area contributed by atoms with Crippen LogP contribution in [0.3, 0.4) is 0 Å². The Morgan fingerprint density at radius 1 is 1.60 bits per heavy atom. The zero-order valence-electron chi connectivity index (χ0n) is 5.23. The summed E-state index contributed by atoms with van der Waals surface area (Å²) >= 11 is 2.01. The molecule has 0 aromatic heterocycles. The molecule has 1 heterocycles. The van der Waals surface area contributed by atoms with Gasteiger partial charge in [-0.2, -0.15) is 0 Å². The number of carbonyl (C=O) groups is 2. The lowest BCUT2D eigenvalue weighted by molar-refractivity contribution is -0.136. The van der Waals surface area contributed by atoms with Crippen molar-refractivity contribution in [1.82, 2.24) is 0 Å². The van der Waals surface area contributed by atoms with Gasteiger partial charge in [0, 0.05) is 5.25 Å². The van der Waals surface area contributed by atoms with Gasteiger partial charge < -0.3 is 5.11 Å². The van der Waals surface area contributed by atoms with Crippen molar-refractivity contribution in [3.05, 3.63) is 0 Å². The van der Waals surface area contributed by atoms with Crippen LogP contribution in [0.15, 0.2) is 0 Å². The van der Waals surface area contributed by atoms with Gasteiger partial charge in [0.25, 0.3) is 0 Å². The number of aliphatic carboxylic acids is 1. The molecule has 1 fully saturated rings. The van der Waals surface area contributed by atoms with Gasteiger partial charge >= 0.3 is 5.97 Å². The van der Waals surface area contributed by atoms with Crippen molar-refractivity contribution in [2.45, 2.75) is 17.4 Å². The molecule has 0 radical (unpaired) electrons. The van der Waals surface area contributed by atoms with Gasteiger partial charge in [-0.15, -0.1) is 0 Å². The van der Waals surface area contributed by atoms with Crippen molar-refractivity contribution in [2.24, 2.45) is 0 Å². The largest absolute Gasteiger partial charge is 0.480 e. The molecular weight excluding hydrogens is 172 g/mol. The van der Waals surface area contributed by atoms with Crippen LogP contribution in [0.25, 0.3) is 0 Å². The first-order chi connectivity index (χ1) is 4.61. The van der Waals surface area contributed by atoms with Crippen molar-refractivity contribution in [3.8, 4) is 0 Å². The van der Waals surface area contributed by atoms with Crippen LogP contribution in [0.2, 0.25) is 0 Å². The second-order valence-corrected chi connectivity index (χ2v) is 4.67. The summed E-state index contributed by atoms with van der Waals surface area (Å²) in [4.78, 5) is 21.0. The Hall–Kier alpha value is -0.160. The molecule has 0 amide bonds. The average Bonchev–Trinajstić information content (AvgIpc) is 2.10. The van der Waals surface area contributed by atoms with Gasteiger partial charge in [0.15, 0.2) is 0 Å². The molecule has 0 aromatic rings. The highest BCUT2D eigenvalue weighted by Crippen LogP contribution is 2.38. The molecule has 3 nitrogen and oxygen atoms in total. The molecule has 1 saturated heterocycles. The molecule has 0 unspecified atom stereocenters. The molecule has 0 saturated carbocycles. The summed E-state index contributed by atoms with van der Waals surface area (Å²) in [6.45, 7) is 1.75. The minimum Gasteiger partial charge on any atom is -0.480 e. The van der Waals surface area contributed by atoms with Crippen LogP contribution in [0, 0.1) is 0 Å². The molecule has 56 valence electrons. The highest BCUT2D eigenvalue weighted by atomic mass is 32.2. The van der Waals surface area contributed by atoms with E-state index in [0.717, 1.165) is 23.5 Å². The topological polar surface area (TPSA) is 54.4 Å². The van der Waals surface area contributed by atoms with Gasteiger partial charge in [-0.1, -0.05) is 30.4 Å². The number of rotatable bonds is 1. The summed E-state index contributed by atoms with van der Waals surface area (Å²) < 4.78 is -0.0834. The van der Waals surface area contributed by atoms with E-state index in [4.69, 9.17) is 5.11 Å². The number of carbonyl (C=O) groups excluding carboxylic acids is 1. The third-order valence-corrected chi connectivity index (χ3v) is 3.82. The Kier molecular flexibility index (Phi) is 2.25. The van der Waals surface area contributed by atoms with Crippen molar-refractivity contribution >= 4 is 33.9 Å². The fraction of sp³-hybridized carbons (Fsp3) is 0.600. The van der Waals surface area contributed by atoms with Gasteiger partial charge in [0.05, 0.1) is 0 Å². The van der Waals surface area contributed by atoms with Crippen LogP contribution >= 0.6 is 23.5 Å². The third kappa shape index (κ3) is 1.46. The summed E-state index contributed by atoms with van der Waals surface area (Å²) in [6, 6.07) is 0. The van der Waals surface area contributed by atoms with Crippen LogP contribution in [0.5, 0.6) is 0 Å². The van der Waals surface area contributed by atoms with Gasteiger partial charge in [0.1, 0.15) is 5.25 Å². The van der Waals surface area contributed by atoms with E-state index in [1.54, 1.807) is 6.92 Å². The second kappa shape index (κ2) is 2.84. The molecule has 0 spiro atoms. The molecule has 1 rings (SSSR count). The highest BCUT2D eigenvalue weighted by Gasteiger charge is 2.36. The molecule has 5 heteroatoms. The Labute approximate surface area is 66.6 Å². The van der Waals surface area contributed by atoms with Gasteiger partial charge in [-0.05, 0) is 0 Å². The first-order valence-corrected chi connectivity index (χ1v) is 4.47. The van der Waals surface area contributed by atoms with Crippen molar-refractivity contribution in [1.29, 1.82) is 0 Å². The number of hydrogen-bond acceptors (Lipinski definition) is 4. The van der Waals surface area contributed by atoms with E-state index in [0.29, 0.717) is 0 Å². The molecule has 0 bridgehead atoms. The second-order valence-electron chi connectivity index (χ2n) is 1.95. The third-order valence-electron chi connectivity index (χ3n) is 1.18. The average molecular weight is 178 g/mol. The van der Waals surface area contributed by atoms with Crippen molar-refractivity contribution in [3.63, 3.8) is 0 Å². The quantitative estimate of drug-likeness (QED) is 0.658. The van der Waals surface area contributed by atoms with Crippen LogP contribution in [0.4, 0.5) is 4.79 Å². The maximum absolute atomic E-state index is 10.6. The first-order valence-electron chi connectivity index (χ1n) is 2.71. The lowest BCUT2D eigenvalue weighted by Gasteiger charge is -2.03. The lowest BCUT2D eigenvalue weighted by Crippen LogP contribution is -2.22. The summed E-state index contributed by atoms with van der Waals surface area (Å²) in [5, 5.41) is 7.88. The Morgan fingerprint density at radius 2 is 2.20 bits per heavy atom. The van der Waals surface area contributed by atoms with Gasteiger partial charge in [-0.25, -0.2) is 0 Å². The number of carboxylic acid groups (broad SMARTS) is 1. The van der Waals surface area contributed by atoms with E-state index in [2.05, 4.69) is 0 Å². The van der Waals surface area contributed by atoms with E-state index >= 15 is 0 Å². The molecule has 1 aliphatic rings. The van der Waals surface area contributed by atoms with Gasteiger partial charge in [-0.3, -0.25) is 9.59 Å². The van der Waals surface area contributed by atoms with E-state index < -0.39 is 11.2 Å². The van der Waals surface area contributed by atoms with Crippen LogP contribution in [-0.2, 0) is 4.79 Å². The fourth-order valence-corrected chi connectivity index (χ4v) is 3.06. The van der Waals surface area contributed by atoms with E-state index in [-0.39, 0.29) is 9.70 Å². The monoisotopic (exact) mass is 178 g/mol. The predicted octanol–water partition coefficient (Wildman–Crippen LogP) is 1.43. The standard InChI is InChI=1S/C5H6O3S2/c1-2-3(4(6)7)10-5(8)9-2/h2-3H,1H3,(H,6,7)/t2-,3-/m0/s1. The first kappa shape index (κ1) is 7.94. The Balaban J connectivity index is 2.63. The Bertz CT molecular complexity index is 180. The minimum atomic E-state index is -0.893. The molecule has 1 aliphatic heterocycles. The molecular formula is C5H6O3S2. The molecule has 0 aromatic carbocycles. The van der Waals surface area contributed by atoms with Crippen molar-refractivity contribution in [2.75, 3.05) is 0 Å². The predicted molar refractivity (Wildman–Crippen MR) is 41.5 cm³/mol. The molecule has 0 aliphatic carbocycles. The number of carboxylic acids is 1. The molecule has 10 heavy (non-hydrogen) atoms. The van der Waals surface area contributed by atoms with E-state index in [1.165, 1.54) is 0 Å². The summed E-state index contributed by atoms with van der Waals surface area (Å²) in [5.74, 6) is -0.893. The zero-order chi connectivity index (χ0) is 7.72. The van der Waals surface area contributed by atoms with Crippen molar-refractivity contribution < 1.29 is 14.7 Å². The number of hydrogen-bond donors (Lipinski definition) is 1. The summed E-state index contributed by atoms with van der Waals surface area (Å²) in [5.41, 5.74) is 0. The van der Waals surface area contributed by atoms with Gasteiger partial charge in [0.2, 0.25) is 4.45 Å². The Morgan fingerprint density at radius 3 is 2.40 bits per heavy atom. The lowest BCUT2D eigenvalue weighted by atomic mass is 10.3. The fourth-order valence-electron chi connectivity index (χ4n) is 0.692. The maximum atomic E-state index is 10.6. The molecule has 1 N–H and O–H groups in total. The minimum absolute atomic E-state index is 0.0834. The normalized spacial score (nSPS) is 32.7. The number of thioether (sulfide) groups is 2. The smallest absolute Gasteiger partial charge is 0.318 e. The zero-order valence-corrected chi connectivity index (χ0v) is 6.87. The SMILES string of the molecule is C[C@@H]1SC(=O)S[C@@H]1C(=O)O. The van der Waals surface area contributed by atoms with Crippen LogP contribution in [0.1, 0.15) is 6.92 Å².